The van der Waals surface area contributed by atoms with Crippen molar-refractivity contribution in [3.8, 4) is 12.3 Å². The maximum Gasteiger partial charge on any atom is 0.153 e. The SMILES string of the molecule is C#C[C@]1(O)C=CC2=C3CCC4C[C@@H](O)C=C[C@]4(C)C3CC[C@@]21C. The van der Waals surface area contributed by atoms with Crippen LogP contribution in [0.5, 0.6) is 0 Å². The van der Waals surface area contributed by atoms with E-state index in [0.717, 1.165) is 32.1 Å². The molecule has 0 saturated heterocycles. The van der Waals surface area contributed by atoms with Gasteiger partial charge < -0.3 is 10.2 Å². The van der Waals surface area contributed by atoms with Crippen molar-refractivity contribution in [1.29, 1.82) is 0 Å². The van der Waals surface area contributed by atoms with Crippen molar-refractivity contribution >= 4 is 0 Å². The summed E-state index contributed by atoms with van der Waals surface area (Å²) in [6, 6.07) is 0. The molecule has 0 bridgehead atoms. The predicted octanol–water partition coefficient (Wildman–Crippen LogP) is 3.37. The fourth-order valence-electron chi connectivity index (χ4n) is 5.80. The van der Waals surface area contributed by atoms with E-state index in [9.17, 15) is 10.2 Å². The molecule has 1 fully saturated rings. The third kappa shape index (κ3) is 1.78. The van der Waals surface area contributed by atoms with Crippen molar-refractivity contribution < 1.29 is 10.2 Å². The second-order valence-electron chi connectivity index (χ2n) is 8.37. The summed E-state index contributed by atoms with van der Waals surface area (Å²) in [7, 11) is 0. The van der Waals surface area contributed by atoms with Gasteiger partial charge in [-0.3, -0.25) is 0 Å². The molecule has 0 heterocycles. The lowest BCUT2D eigenvalue weighted by Gasteiger charge is -2.54. The molecule has 0 spiro atoms. The summed E-state index contributed by atoms with van der Waals surface area (Å²) < 4.78 is 0. The van der Waals surface area contributed by atoms with Crippen LogP contribution in [0, 0.1) is 35.0 Å². The number of aliphatic hydroxyl groups excluding tert-OH is 1. The van der Waals surface area contributed by atoms with Crippen LogP contribution in [0.3, 0.4) is 0 Å². The quantitative estimate of drug-likeness (QED) is 0.532. The van der Waals surface area contributed by atoms with Gasteiger partial charge in [0.15, 0.2) is 5.60 Å². The maximum absolute atomic E-state index is 10.9. The lowest BCUT2D eigenvalue weighted by atomic mass is 9.50. The molecule has 4 rings (SSSR count). The number of fused-ring (bicyclic) bond motifs is 4. The van der Waals surface area contributed by atoms with E-state index in [0.29, 0.717) is 11.8 Å². The Kier molecular flexibility index (Phi) is 3.06. The minimum absolute atomic E-state index is 0.131. The van der Waals surface area contributed by atoms with Gasteiger partial charge in [0.1, 0.15) is 0 Å². The Balaban J connectivity index is 1.81. The van der Waals surface area contributed by atoms with Crippen LogP contribution < -0.4 is 0 Å². The molecule has 2 unspecified atom stereocenters. The first kappa shape index (κ1) is 15.2. The monoisotopic (exact) mass is 310 g/mol. The van der Waals surface area contributed by atoms with E-state index in [1.54, 1.807) is 0 Å². The van der Waals surface area contributed by atoms with Crippen molar-refractivity contribution in [3.05, 3.63) is 35.5 Å². The summed E-state index contributed by atoms with van der Waals surface area (Å²) in [5.41, 5.74) is 1.44. The first-order valence-corrected chi connectivity index (χ1v) is 8.84. The van der Waals surface area contributed by atoms with Crippen LogP contribution in [-0.4, -0.2) is 21.9 Å². The molecule has 2 N–H and O–H groups in total. The Hall–Kier alpha value is -1.30. The average Bonchev–Trinajstić information content (AvgIpc) is 2.80. The summed E-state index contributed by atoms with van der Waals surface area (Å²) in [6.45, 7) is 4.49. The van der Waals surface area contributed by atoms with Crippen molar-refractivity contribution in [2.45, 2.75) is 57.7 Å². The van der Waals surface area contributed by atoms with Crippen molar-refractivity contribution in [1.82, 2.24) is 0 Å². The number of terminal acetylenes is 1. The zero-order valence-electron chi connectivity index (χ0n) is 14.0. The van der Waals surface area contributed by atoms with E-state index in [1.807, 2.05) is 12.2 Å². The Morgan fingerprint density at radius 2 is 2.04 bits per heavy atom. The number of hydrogen-bond donors (Lipinski definition) is 2. The third-order valence-electron chi connectivity index (χ3n) is 7.44. The molecule has 4 aliphatic rings. The standard InChI is InChI=1S/C21H26O2/c1-4-21(23)12-9-18-16-6-5-14-13-15(22)7-10-19(14,2)17(16)8-11-20(18,21)3/h1,7,9-10,12,14-15,17,22-23H,5-6,8,11,13H2,2-3H3/t14?,15-,17?,19-,20-,21-/m0/s1. The highest BCUT2D eigenvalue weighted by Gasteiger charge is 2.57. The van der Waals surface area contributed by atoms with Gasteiger partial charge in [0.25, 0.3) is 0 Å². The summed E-state index contributed by atoms with van der Waals surface area (Å²) in [5, 5.41) is 20.9. The van der Waals surface area contributed by atoms with Crippen LogP contribution in [0.1, 0.15) is 46.0 Å². The Labute approximate surface area is 139 Å². The minimum atomic E-state index is -1.14. The van der Waals surface area contributed by atoms with Gasteiger partial charge in [-0.1, -0.05) is 43.6 Å². The smallest absolute Gasteiger partial charge is 0.153 e. The second-order valence-corrected chi connectivity index (χ2v) is 8.37. The number of hydrogen-bond acceptors (Lipinski definition) is 2. The maximum atomic E-state index is 10.9. The van der Waals surface area contributed by atoms with E-state index in [2.05, 4.69) is 31.9 Å². The summed E-state index contributed by atoms with van der Waals surface area (Å²) >= 11 is 0. The molecular formula is C21H26O2. The molecule has 2 nitrogen and oxygen atoms in total. The first-order chi connectivity index (χ1) is 10.8. The molecule has 6 atom stereocenters. The molecule has 0 amide bonds. The molecule has 0 radical (unpaired) electrons. The molecule has 0 aliphatic heterocycles. The Morgan fingerprint density at radius 3 is 2.78 bits per heavy atom. The summed E-state index contributed by atoms with van der Waals surface area (Å²) in [5.74, 6) is 3.70. The minimum Gasteiger partial charge on any atom is -0.389 e. The van der Waals surface area contributed by atoms with Gasteiger partial charge in [0, 0.05) is 5.41 Å². The van der Waals surface area contributed by atoms with Gasteiger partial charge in [-0.15, -0.1) is 6.42 Å². The Morgan fingerprint density at radius 1 is 1.26 bits per heavy atom. The van der Waals surface area contributed by atoms with Crippen LogP contribution in [0.25, 0.3) is 0 Å². The molecule has 0 aromatic rings. The van der Waals surface area contributed by atoms with Gasteiger partial charge in [0.05, 0.1) is 6.10 Å². The van der Waals surface area contributed by atoms with E-state index >= 15 is 0 Å². The lowest BCUT2D eigenvalue weighted by Crippen LogP contribution is -2.49. The Bertz CT molecular complexity index is 678. The van der Waals surface area contributed by atoms with Crippen LogP contribution in [0.2, 0.25) is 0 Å². The highest BCUT2D eigenvalue weighted by molar-refractivity contribution is 5.51. The fourth-order valence-corrected chi connectivity index (χ4v) is 5.80. The van der Waals surface area contributed by atoms with Crippen molar-refractivity contribution in [3.63, 3.8) is 0 Å². The summed E-state index contributed by atoms with van der Waals surface area (Å²) in [6.07, 6.45) is 18.6. The van der Waals surface area contributed by atoms with Gasteiger partial charge in [-0.2, -0.15) is 0 Å². The molecule has 23 heavy (non-hydrogen) atoms. The van der Waals surface area contributed by atoms with Crippen LogP contribution in [-0.2, 0) is 0 Å². The van der Waals surface area contributed by atoms with Gasteiger partial charge >= 0.3 is 0 Å². The highest BCUT2D eigenvalue weighted by atomic mass is 16.3. The fraction of sp³-hybridized carbons (Fsp3) is 0.619. The van der Waals surface area contributed by atoms with Gasteiger partial charge in [-0.05, 0) is 61.0 Å². The van der Waals surface area contributed by atoms with E-state index < -0.39 is 5.60 Å². The van der Waals surface area contributed by atoms with Gasteiger partial charge in [-0.25, -0.2) is 0 Å². The number of rotatable bonds is 0. The normalized spacial score (nSPS) is 51.0. The topological polar surface area (TPSA) is 40.5 Å². The molecule has 2 heteroatoms. The predicted molar refractivity (Wildman–Crippen MR) is 91.4 cm³/mol. The van der Waals surface area contributed by atoms with Crippen LogP contribution in [0.4, 0.5) is 0 Å². The molecule has 122 valence electrons. The molecule has 0 aromatic heterocycles. The van der Waals surface area contributed by atoms with Gasteiger partial charge in [0.2, 0.25) is 0 Å². The first-order valence-electron chi connectivity index (χ1n) is 8.84. The van der Waals surface area contributed by atoms with E-state index in [1.165, 1.54) is 11.1 Å². The van der Waals surface area contributed by atoms with Crippen LogP contribution >= 0.6 is 0 Å². The van der Waals surface area contributed by atoms with Crippen molar-refractivity contribution in [2.24, 2.45) is 22.7 Å². The van der Waals surface area contributed by atoms with E-state index in [-0.39, 0.29) is 16.9 Å². The molecule has 4 aliphatic carbocycles. The van der Waals surface area contributed by atoms with Crippen LogP contribution in [0.15, 0.2) is 35.5 Å². The number of allylic oxidation sites excluding steroid dienone is 3. The number of aliphatic hydroxyl groups is 2. The molecular weight excluding hydrogens is 284 g/mol. The average molecular weight is 310 g/mol. The van der Waals surface area contributed by atoms with E-state index in [4.69, 9.17) is 6.42 Å². The van der Waals surface area contributed by atoms with Crippen molar-refractivity contribution in [2.75, 3.05) is 0 Å². The molecule has 1 saturated carbocycles. The third-order valence-corrected chi connectivity index (χ3v) is 7.44. The summed E-state index contributed by atoms with van der Waals surface area (Å²) in [4.78, 5) is 0. The second kappa shape index (κ2) is 4.62. The lowest BCUT2D eigenvalue weighted by molar-refractivity contribution is 0.00935. The zero-order chi connectivity index (χ0) is 16.5. The molecule has 0 aromatic carbocycles. The highest BCUT2D eigenvalue weighted by Crippen LogP contribution is 2.62. The zero-order valence-corrected chi connectivity index (χ0v) is 14.0. The largest absolute Gasteiger partial charge is 0.389 e.